The fourth-order valence-electron chi connectivity index (χ4n) is 1.57. The molecule has 0 aliphatic heterocycles. The average Bonchev–Trinajstić information content (AvgIpc) is 2.84. The summed E-state index contributed by atoms with van der Waals surface area (Å²) in [5.41, 5.74) is 1.35. The number of benzene rings is 1. The number of aromatic hydroxyl groups is 1. The molecule has 1 aromatic carbocycles. The van der Waals surface area contributed by atoms with Crippen molar-refractivity contribution in [2.45, 2.75) is 13.5 Å². The number of rotatable bonds is 4. The number of hydrogen-bond donors (Lipinski definition) is 1. The number of carbonyl (C=O) groups excluding carboxylic acids is 1. The van der Waals surface area contributed by atoms with Gasteiger partial charge in [0.1, 0.15) is 5.75 Å². The normalized spacial score (nSPS) is 10.9. The Morgan fingerprint density at radius 3 is 3.00 bits per heavy atom. The third-order valence-corrected chi connectivity index (χ3v) is 2.54. The zero-order chi connectivity index (χ0) is 13.0. The van der Waals surface area contributed by atoms with Gasteiger partial charge in [0.2, 0.25) is 0 Å². The lowest BCUT2D eigenvalue weighted by Gasteiger charge is -1.96. The minimum absolute atomic E-state index is 0.0908. The summed E-state index contributed by atoms with van der Waals surface area (Å²) in [7, 11) is 0. The van der Waals surface area contributed by atoms with E-state index in [-0.39, 0.29) is 11.5 Å². The van der Waals surface area contributed by atoms with Gasteiger partial charge in [0.25, 0.3) is 0 Å². The number of phenolic OH excluding ortho intramolecular Hbond substituents is 1. The van der Waals surface area contributed by atoms with E-state index in [4.69, 9.17) is 0 Å². The van der Waals surface area contributed by atoms with E-state index in [9.17, 15) is 9.90 Å². The second kappa shape index (κ2) is 5.31. The van der Waals surface area contributed by atoms with Gasteiger partial charge >= 0.3 is 0 Å². The van der Waals surface area contributed by atoms with E-state index in [1.54, 1.807) is 29.1 Å². The van der Waals surface area contributed by atoms with Crippen LogP contribution in [0.2, 0.25) is 0 Å². The number of hydrogen-bond acceptors (Lipinski definition) is 3. The quantitative estimate of drug-likeness (QED) is 0.662. The van der Waals surface area contributed by atoms with Crippen LogP contribution in [0.1, 0.15) is 22.8 Å². The minimum Gasteiger partial charge on any atom is -0.508 e. The van der Waals surface area contributed by atoms with Crippen LogP contribution in [0.4, 0.5) is 0 Å². The first-order valence-corrected chi connectivity index (χ1v) is 5.73. The molecule has 0 bridgehead atoms. The molecule has 0 spiro atoms. The number of allylic oxidation sites excluding steroid dienone is 1. The topological polar surface area (TPSA) is 55.1 Å². The first-order chi connectivity index (χ1) is 8.69. The molecule has 0 saturated heterocycles. The van der Waals surface area contributed by atoms with Crippen molar-refractivity contribution in [1.29, 1.82) is 0 Å². The van der Waals surface area contributed by atoms with Crippen LogP contribution in [0.15, 0.2) is 42.7 Å². The first kappa shape index (κ1) is 12.1. The van der Waals surface area contributed by atoms with Gasteiger partial charge in [-0.05, 0) is 31.2 Å². The lowest BCUT2D eigenvalue weighted by atomic mass is 10.1. The van der Waals surface area contributed by atoms with Gasteiger partial charge in [0, 0.05) is 23.9 Å². The molecule has 1 N–H and O–H groups in total. The molecule has 0 radical (unpaired) electrons. The van der Waals surface area contributed by atoms with Crippen LogP contribution >= 0.6 is 0 Å². The Balaban J connectivity index is 2.11. The lowest BCUT2D eigenvalue weighted by Crippen LogP contribution is -1.93. The van der Waals surface area contributed by atoms with Crippen LogP contribution in [-0.2, 0) is 6.54 Å². The maximum Gasteiger partial charge on any atom is 0.185 e. The van der Waals surface area contributed by atoms with Gasteiger partial charge in [-0.1, -0.05) is 12.1 Å². The molecule has 0 aliphatic carbocycles. The highest BCUT2D eigenvalue weighted by molar-refractivity contribution is 6.06. The summed E-state index contributed by atoms with van der Waals surface area (Å²) in [5, 5.41) is 13.4. The zero-order valence-corrected chi connectivity index (χ0v) is 10.1. The molecule has 1 heterocycles. The maximum atomic E-state index is 11.8. The molecular formula is C14H14N2O2. The van der Waals surface area contributed by atoms with Gasteiger partial charge in [0.15, 0.2) is 5.78 Å². The van der Waals surface area contributed by atoms with Crippen molar-refractivity contribution in [3.05, 3.63) is 53.9 Å². The number of aryl methyl sites for hydroxylation is 1. The molecule has 0 atom stereocenters. The van der Waals surface area contributed by atoms with Crippen LogP contribution in [0, 0.1) is 0 Å². The second-order valence-corrected chi connectivity index (χ2v) is 3.88. The van der Waals surface area contributed by atoms with Gasteiger partial charge < -0.3 is 5.11 Å². The van der Waals surface area contributed by atoms with Crippen molar-refractivity contribution in [2.75, 3.05) is 0 Å². The Bertz CT molecular complexity index is 585. The van der Waals surface area contributed by atoms with Crippen LogP contribution in [-0.4, -0.2) is 20.7 Å². The Hall–Kier alpha value is -2.36. The summed E-state index contributed by atoms with van der Waals surface area (Å²) >= 11 is 0. The van der Waals surface area contributed by atoms with Gasteiger partial charge in [-0.3, -0.25) is 9.48 Å². The third-order valence-electron chi connectivity index (χ3n) is 2.54. The standard InChI is InChI=1S/C14H14N2O2/c1-2-16-10-11(9-15-16)6-7-14(18)12-4-3-5-13(17)8-12/h3-10,17H,2H2,1H3/b7-6+. The maximum absolute atomic E-state index is 11.8. The van der Waals surface area contributed by atoms with Crippen molar-refractivity contribution in [1.82, 2.24) is 9.78 Å². The van der Waals surface area contributed by atoms with Crippen LogP contribution in [0.25, 0.3) is 6.08 Å². The van der Waals surface area contributed by atoms with Crippen LogP contribution in [0.3, 0.4) is 0 Å². The molecule has 2 aromatic rings. The summed E-state index contributed by atoms with van der Waals surface area (Å²) in [6.45, 7) is 2.80. The van der Waals surface area contributed by atoms with E-state index in [2.05, 4.69) is 5.10 Å². The summed E-state index contributed by atoms with van der Waals surface area (Å²) in [4.78, 5) is 11.8. The molecule has 0 amide bonds. The average molecular weight is 242 g/mol. The summed E-state index contributed by atoms with van der Waals surface area (Å²) in [6, 6.07) is 6.29. The van der Waals surface area contributed by atoms with E-state index in [1.165, 1.54) is 18.2 Å². The highest BCUT2D eigenvalue weighted by atomic mass is 16.3. The number of phenols is 1. The van der Waals surface area contributed by atoms with Gasteiger partial charge in [0.05, 0.1) is 6.20 Å². The molecule has 4 heteroatoms. The number of nitrogens with zero attached hydrogens (tertiary/aromatic N) is 2. The molecule has 0 saturated carbocycles. The number of ketones is 1. The van der Waals surface area contributed by atoms with Crippen LogP contribution in [0.5, 0.6) is 5.75 Å². The predicted octanol–water partition coefficient (Wildman–Crippen LogP) is 2.50. The molecule has 1 aromatic heterocycles. The summed E-state index contributed by atoms with van der Waals surface area (Å²) < 4.78 is 1.79. The SMILES string of the molecule is CCn1cc(/C=C/C(=O)c2cccc(O)c2)cn1. The van der Waals surface area contributed by atoms with Crippen molar-refractivity contribution in [3.63, 3.8) is 0 Å². The highest BCUT2D eigenvalue weighted by Crippen LogP contribution is 2.12. The molecule has 0 fully saturated rings. The lowest BCUT2D eigenvalue weighted by molar-refractivity contribution is 0.104. The Kier molecular flexibility index (Phi) is 3.57. The Morgan fingerprint density at radius 1 is 1.50 bits per heavy atom. The summed E-state index contributed by atoms with van der Waals surface area (Å²) in [5.74, 6) is -0.0526. The van der Waals surface area contributed by atoms with E-state index < -0.39 is 0 Å². The molecule has 0 unspecified atom stereocenters. The predicted molar refractivity (Wildman–Crippen MR) is 69.4 cm³/mol. The molecule has 92 valence electrons. The van der Waals surface area contributed by atoms with E-state index in [0.29, 0.717) is 5.56 Å². The zero-order valence-electron chi connectivity index (χ0n) is 10.1. The molecule has 18 heavy (non-hydrogen) atoms. The molecule has 4 nitrogen and oxygen atoms in total. The fourth-order valence-corrected chi connectivity index (χ4v) is 1.57. The van der Waals surface area contributed by atoms with Crippen LogP contribution < -0.4 is 0 Å². The Labute approximate surface area is 105 Å². The second-order valence-electron chi connectivity index (χ2n) is 3.88. The Morgan fingerprint density at radius 2 is 2.33 bits per heavy atom. The van der Waals surface area contributed by atoms with Crippen molar-refractivity contribution in [2.24, 2.45) is 0 Å². The van der Waals surface area contributed by atoms with Crippen molar-refractivity contribution in [3.8, 4) is 5.75 Å². The molecular weight excluding hydrogens is 228 g/mol. The van der Waals surface area contributed by atoms with E-state index >= 15 is 0 Å². The van der Waals surface area contributed by atoms with Crippen molar-refractivity contribution >= 4 is 11.9 Å². The highest BCUT2D eigenvalue weighted by Gasteiger charge is 2.02. The van der Waals surface area contributed by atoms with Gasteiger partial charge in [-0.15, -0.1) is 0 Å². The number of aromatic nitrogens is 2. The van der Waals surface area contributed by atoms with E-state index in [0.717, 1.165) is 12.1 Å². The van der Waals surface area contributed by atoms with Crippen molar-refractivity contribution < 1.29 is 9.90 Å². The monoisotopic (exact) mass is 242 g/mol. The van der Waals surface area contributed by atoms with Gasteiger partial charge in [-0.2, -0.15) is 5.10 Å². The van der Waals surface area contributed by atoms with Gasteiger partial charge in [-0.25, -0.2) is 0 Å². The first-order valence-electron chi connectivity index (χ1n) is 5.73. The largest absolute Gasteiger partial charge is 0.508 e. The fraction of sp³-hybridized carbons (Fsp3) is 0.143. The third kappa shape index (κ3) is 2.85. The smallest absolute Gasteiger partial charge is 0.185 e. The summed E-state index contributed by atoms with van der Waals surface area (Å²) in [6.07, 6.45) is 6.76. The van der Waals surface area contributed by atoms with E-state index in [1.807, 2.05) is 13.1 Å². The number of carbonyl (C=O) groups is 1. The molecule has 0 aliphatic rings. The molecule has 2 rings (SSSR count). The minimum atomic E-state index is -0.143.